The van der Waals surface area contributed by atoms with Crippen LogP contribution in [0.1, 0.15) is 48.3 Å². The number of benzene rings is 2. The van der Waals surface area contributed by atoms with Gasteiger partial charge in [0, 0.05) is 17.4 Å². The van der Waals surface area contributed by atoms with E-state index in [1.54, 1.807) is 30.4 Å². The van der Waals surface area contributed by atoms with Crippen LogP contribution in [0.3, 0.4) is 0 Å². The van der Waals surface area contributed by atoms with E-state index >= 15 is 0 Å². The summed E-state index contributed by atoms with van der Waals surface area (Å²) >= 11 is 0. The molecule has 1 atom stereocenters. The van der Waals surface area contributed by atoms with Crippen LogP contribution in [-0.2, 0) is 9.47 Å². The zero-order chi connectivity index (χ0) is 24.2. The van der Waals surface area contributed by atoms with E-state index in [1.807, 2.05) is 6.92 Å². The normalized spacial score (nSPS) is 22.4. The second-order valence-corrected chi connectivity index (χ2v) is 8.27. The first-order valence-electron chi connectivity index (χ1n) is 11.3. The molecule has 3 nitrogen and oxygen atoms in total. The predicted octanol–water partition coefficient (Wildman–Crippen LogP) is 6.80. The van der Waals surface area contributed by atoms with Gasteiger partial charge in [0.2, 0.25) is 5.82 Å². The lowest BCUT2D eigenvalue weighted by Crippen LogP contribution is -2.31. The van der Waals surface area contributed by atoms with Crippen LogP contribution >= 0.6 is 0 Å². The first-order valence-corrected chi connectivity index (χ1v) is 11.3. The van der Waals surface area contributed by atoms with Gasteiger partial charge in [-0.1, -0.05) is 49.9 Å². The molecule has 0 unspecified atom stereocenters. The smallest absolute Gasteiger partial charge is 0.201 e. The second-order valence-electron chi connectivity index (χ2n) is 8.27. The largest absolute Gasteiger partial charge is 0.486 e. The average Bonchev–Trinajstić information content (AvgIpc) is 2.87. The number of rotatable bonds is 7. The Labute approximate surface area is 196 Å². The summed E-state index contributed by atoms with van der Waals surface area (Å²) in [6.07, 6.45) is 7.07. The van der Waals surface area contributed by atoms with E-state index in [0.29, 0.717) is 18.4 Å². The van der Waals surface area contributed by atoms with Crippen LogP contribution in [-0.4, -0.2) is 26.1 Å². The maximum absolute atomic E-state index is 15.0. The zero-order valence-corrected chi connectivity index (χ0v) is 18.8. The molecule has 0 N–H and O–H groups in total. The van der Waals surface area contributed by atoms with Crippen molar-refractivity contribution < 1.29 is 31.8 Å². The minimum Gasteiger partial charge on any atom is -0.486 e. The van der Waals surface area contributed by atoms with Gasteiger partial charge in [-0.15, -0.1) is 0 Å². The summed E-state index contributed by atoms with van der Waals surface area (Å²) in [5, 5.41) is 0. The Morgan fingerprint density at radius 1 is 0.971 bits per heavy atom. The van der Waals surface area contributed by atoms with E-state index < -0.39 is 29.2 Å². The molecule has 0 spiro atoms. The quantitative estimate of drug-likeness (QED) is 0.326. The van der Waals surface area contributed by atoms with Crippen molar-refractivity contribution in [3.05, 3.63) is 95.1 Å². The minimum absolute atomic E-state index is 0.0565. The molecule has 7 heteroatoms. The van der Waals surface area contributed by atoms with E-state index in [1.165, 1.54) is 18.2 Å². The highest BCUT2D eigenvalue weighted by atomic mass is 19.2. The van der Waals surface area contributed by atoms with Crippen molar-refractivity contribution in [1.29, 1.82) is 0 Å². The second kappa shape index (κ2) is 10.6. The minimum atomic E-state index is -1.08. The fourth-order valence-electron chi connectivity index (χ4n) is 4.21. The number of hydrogen-bond acceptors (Lipinski definition) is 3. The van der Waals surface area contributed by atoms with Crippen molar-refractivity contribution in [3.8, 4) is 5.75 Å². The van der Waals surface area contributed by atoms with Crippen LogP contribution in [0.5, 0.6) is 5.75 Å². The van der Waals surface area contributed by atoms with Crippen LogP contribution in [0, 0.1) is 23.3 Å². The van der Waals surface area contributed by atoms with Crippen LogP contribution in [0.15, 0.2) is 55.1 Å². The van der Waals surface area contributed by atoms with Gasteiger partial charge in [-0.2, -0.15) is 4.39 Å². The lowest BCUT2D eigenvalue weighted by Gasteiger charge is -2.29. The number of halogens is 4. The Hall–Kier alpha value is -2.90. The molecular formula is C27H26F4O3. The van der Waals surface area contributed by atoms with Gasteiger partial charge in [0.05, 0.1) is 13.2 Å². The average molecular weight is 474 g/mol. The summed E-state index contributed by atoms with van der Waals surface area (Å²) in [6.45, 7) is 5.99. The van der Waals surface area contributed by atoms with Crippen molar-refractivity contribution in [2.45, 2.75) is 37.9 Å². The lowest BCUT2D eigenvalue weighted by atomic mass is 9.86. The Morgan fingerprint density at radius 3 is 2.32 bits per heavy atom. The first kappa shape index (κ1) is 24.2. The Bertz CT molecular complexity index is 1120. The van der Waals surface area contributed by atoms with E-state index in [-0.39, 0.29) is 54.5 Å². The molecule has 0 radical (unpaired) electrons. The van der Waals surface area contributed by atoms with Gasteiger partial charge in [0.1, 0.15) is 6.61 Å². The molecule has 2 aromatic carbocycles. The van der Waals surface area contributed by atoms with Gasteiger partial charge < -0.3 is 14.2 Å². The summed E-state index contributed by atoms with van der Waals surface area (Å²) in [5.41, 5.74) is 0.963. The van der Waals surface area contributed by atoms with Crippen LogP contribution < -0.4 is 4.74 Å². The summed E-state index contributed by atoms with van der Waals surface area (Å²) in [4.78, 5) is 0. The predicted molar refractivity (Wildman–Crippen MR) is 122 cm³/mol. The van der Waals surface area contributed by atoms with Crippen molar-refractivity contribution in [2.75, 3.05) is 19.8 Å². The highest BCUT2D eigenvalue weighted by Crippen LogP contribution is 2.36. The molecule has 0 bridgehead atoms. The Morgan fingerprint density at radius 2 is 1.68 bits per heavy atom. The molecule has 0 saturated carbocycles. The third kappa shape index (κ3) is 4.81. The Balaban J connectivity index is 1.50. The molecule has 2 aliphatic rings. The summed E-state index contributed by atoms with van der Waals surface area (Å²) in [7, 11) is 0. The van der Waals surface area contributed by atoms with Gasteiger partial charge in [0.25, 0.3) is 0 Å². The summed E-state index contributed by atoms with van der Waals surface area (Å²) in [6, 6.07) is 5.92. The van der Waals surface area contributed by atoms with Gasteiger partial charge in [-0.3, -0.25) is 0 Å². The molecule has 1 fully saturated rings. The maximum Gasteiger partial charge on any atom is 0.201 e. The van der Waals surface area contributed by atoms with Gasteiger partial charge in [-0.05, 0) is 41.7 Å². The summed E-state index contributed by atoms with van der Waals surface area (Å²) in [5.74, 6) is -4.94. The van der Waals surface area contributed by atoms with Crippen molar-refractivity contribution in [2.24, 2.45) is 0 Å². The van der Waals surface area contributed by atoms with Gasteiger partial charge in [-0.25, -0.2) is 13.2 Å². The van der Waals surface area contributed by atoms with E-state index in [2.05, 4.69) is 6.58 Å². The molecule has 180 valence electrons. The topological polar surface area (TPSA) is 27.7 Å². The molecule has 1 saturated heterocycles. The fourth-order valence-corrected chi connectivity index (χ4v) is 4.21. The molecule has 1 aliphatic heterocycles. The molecule has 4 rings (SSSR count). The molecule has 1 heterocycles. The Kier molecular flexibility index (Phi) is 7.54. The van der Waals surface area contributed by atoms with Crippen molar-refractivity contribution in [3.63, 3.8) is 0 Å². The molecule has 1 aliphatic carbocycles. The molecule has 2 aromatic rings. The lowest BCUT2D eigenvalue weighted by molar-refractivity contribution is -0.187. The number of hydrogen-bond donors (Lipinski definition) is 0. The van der Waals surface area contributed by atoms with Gasteiger partial charge >= 0.3 is 0 Å². The van der Waals surface area contributed by atoms with E-state index in [9.17, 15) is 17.6 Å². The summed E-state index contributed by atoms with van der Waals surface area (Å²) < 4.78 is 75.0. The van der Waals surface area contributed by atoms with E-state index in [0.717, 1.165) is 0 Å². The zero-order valence-electron chi connectivity index (χ0n) is 18.8. The molecule has 34 heavy (non-hydrogen) atoms. The van der Waals surface area contributed by atoms with Crippen molar-refractivity contribution in [1.82, 2.24) is 0 Å². The molecular weight excluding hydrogens is 448 g/mol. The highest BCUT2D eigenvalue weighted by molar-refractivity contribution is 5.76. The SMILES string of the molecule is C=CCOc1ccc(C2=CC[C@@H](c3ccc(C4COC(CC)OC4)c(F)c3F)C=C2)c(F)c1F. The van der Waals surface area contributed by atoms with Crippen molar-refractivity contribution >= 4 is 5.57 Å². The molecule has 0 aromatic heterocycles. The molecule has 0 amide bonds. The van der Waals surface area contributed by atoms with E-state index in [4.69, 9.17) is 14.2 Å². The monoisotopic (exact) mass is 474 g/mol. The standard InChI is InChI=1S/C27H26F4O3/c1-3-13-32-22-12-11-20(26(30)27(22)31)17-7-5-16(6-8-17)19-9-10-21(25(29)24(19)28)18-14-33-23(4-2)34-15-18/h3,5,7-12,16,18,23H,1,4,6,13-15H2,2H3/t16-,18?,23?/m0/s1. The first-order chi connectivity index (χ1) is 16.4. The maximum atomic E-state index is 15.0. The highest BCUT2D eigenvalue weighted by Gasteiger charge is 2.28. The number of ether oxygens (including phenoxy) is 3. The fraction of sp³-hybridized carbons (Fsp3) is 0.333. The van der Waals surface area contributed by atoms with Gasteiger partial charge in [0.15, 0.2) is 29.5 Å². The van der Waals surface area contributed by atoms with Crippen LogP contribution in [0.25, 0.3) is 5.57 Å². The van der Waals surface area contributed by atoms with Crippen LogP contribution in [0.2, 0.25) is 0 Å². The third-order valence-electron chi connectivity index (χ3n) is 6.10. The van der Waals surface area contributed by atoms with Crippen LogP contribution in [0.4, 0.5) is 17.6 Å². The third-order valence-corrected chi connectivity index (χ3v) is 6.10. The number of allylic oxidation sites excluding steroid dienone is 4.